The average Bonchev–Trinajstić information content (AvgIpc) is 3.08. The molecule has 0 spiro atoms. The van der Waals surface area contributed by atoms with Gasteiger partial charge in [0.15, 0.2) is 0 Å². The summed E-state index contributed by atoms with van der Waals surface area (Å²) in [5, 5.41) is 0. The van der Waals surface area contributed by atoms with Crippen molar-refractivity contribution in [3.8, 4) is 0 Å². The first-order chi connectivity index (χ1) is 29.5. The molecule has 8 heteroatoms. The average molecular weight is 922 g/mol. The van der Waals surface area contributed by atoms with Crippen molar-refractivity contribution in [2.24, 2.45) is 85.3 Å². The van der Waals surface area contributed by atoms with Gasteiger partial charge >= 0.3 is 0 Å². The summed E-state index contributed by atoms with van der Waals surface area (Å²) in [6, 6.07) is 0.742. The first-order valence-electron chi connectivity index (χ1n) is 24.5. The Balaban J connectivity index is -0.000000164. The molecule has 0 saturated carbocycles. The van der Waals surface area contributed by atoms with Gasteiger partial charge < -0.3 is 0 Å². The maximum atomic E-state index is 4.32. The highest BCUT2D eigenvalue weighted by molar-refractivity contribution is 5.75. The number of hydrogen-bond acceptors (Lipinski definition) is 6. The summed E-state index contributed by atoms with van der Waals surface area (Å²) in [5.74, 6) is 2.24. The molecular formula is C58H112N8. The van der Waals surface area contributed by atoms with Gasteiger partial charge in [-0.05, 0) is 127 Å². The molecule has 0 bridgehead atoms. The van der Waals surface area contributed by atoms with Crippen LogP contribution in [0.15, 0.2) is 88.8 Å². The summed E-state index contributed by atoms with van der Waals surface area (Å²) >= 11 is 0. The lowest BCUT2D eigenvalue weighted by molar-refractivity contribution is 0.543. The Morgan fingerprint density at radius 1 is 0.333 bits per heavy atom. The van der Waals surface area contributed by atoms with Gasteiger partial charge in [0.05, 0.1) is 11.1 Å². The number of allylic oxidation sites excluding steroid dienone is 6. The predicted molar refractivity (Wildman–Crippen MR) is 311 cm³/mol. The van der Waals surface area contributed by atoms with E-state index in [1.165, 1.54) is 0 Å². The molecule has 0 aromatic rings. The lowest BCUT2D eigenvalue weighted by Gasteiger charge is -2.09. The number of rotatable bonds is 12. The zero-order valence-corrected chi connectivity index (χ0v) is 49.3. The van der Waals surface area contributed by atoms with Crippen molar-refractivity contribution >= 4 is 50.0 Å². The van der Waals surface area contributed by atoms with Crippen LogP contribution in [0.3, 0.4) is 0 Å². The molecule has 0 aromatic heterocycles. The topological polar surface area (TPSA) is 98.9 Å². The van der Waals surface area contributed by atoms with Crippen LogP contribution in [0.4, 0.5) is 0 Å². The highest BCUT2D eigenvalue weighted by Gasteiger charge is 2.06. The Bertz CT molecular complexity index is 1180. The summed E-state index contributed by atoms with van der Waals surface area (Å²) in [6.07, 6.45) is 30.9. The Hall–Kier alpha value is -3.68. The van der Waals surface area contributed by atoms with Gasteiger partial charge in [-0.2, -0.15) is 0 Å². The fraction of sp³-hybridized carbons (Fsp3) is 0.724. The largest absolute Gasteiger partial charge is 0.290 e. The van der Waals surface area contributed by atoms with Crippen molar-refractivity contribution in [1.29, 1.82) is 0 Å². The summed E-state index contributed by atoms with van der Waals surface area (Å²) in [7, 11) is 0. The molecule has 0 aliphatic rings. The monoisotopic (exact) mass is 921 g/mol. The third-order valence-corrected chi connectivity index (χ3v) is 5.96. The summed E-state index contributed by atoms with van der Waals surface area (Å²) in [5.41, 5.74) is 0.914. The van der Waals surface area contributed by atoms with E-state index in [1.54, 1.807) is 12.7 Å². The van der Waals surface area contributed by atoms with Gasteiger partial charge in [-0.25, -0.2) is 9.98 Å². The summed E-state index contributed by atoms with van der Waals surface area (Å²) in [4.78, 5) is 33.3. The zero-order valence-electron chi connectivity index (χ0n) is 49.3. The Morgan fingerprint density at radius 3 is 1.12 bits per heavy atom. The first-order valence-corrected chi connectivity index (χ1v) is 24.5. The molecule has 0 unspecified atom stereocenters. The highest BCUT2D eigenvalue weighted by atomic mass is 14.9. The molecule has 0 aliphatic carbocycles. The van der Waals surface area contributed by atoms with E-state index in [0.717, 1.165) is 0 Å². The molecule has 0 amide bonds. The maximum absolute atomic E-state index is 4.32. The van der Waals surface area contributed by atoms with E-state index in [0.29, 0.717) is 35.8 Å². The highest BCUT2D eigenvalue weighted by Crippen LogP contribution is 2.15. The fourth-order valence-electron chi connectivity index (χ4n) is 2.91. The van der Waals surface area contributed by atoms with Gasteiger partial charge in [0.2, 0.25) is 0 Å². The molecule has 0 atom stereocenters. The summed E-state index contributed by atoms with van der Waals surface area (Å²) < 4.78 is 0. The maximum Gasteiger partial charge on any atom is 0.110 e. The number of hydrogen-bond donors (Lipinski definition) is 0. The molecule has 66 heavy (non-hydrogen) atoms. The van der Waals surface area contributed by atoms with E-state index in [9.17, 15) is 0 Å². The standard InChI is InChI=1S/4C10H19N.2C9H18N2/c1-9(2)8-11-7-6-10(3,4)5;1-9(2)6-7-11-8-10(3,4)5;1-9(2)11-8-6-7-10(3,4)5;1-9(2)7-6-8-11-10(3,4)5;1-8(2)11-7-10-6-9(3,4)5;1-8(2)6-10-7-11-9(3,4)5/h4*6-9H,1-5H3;2*6-8H,1-5H3/b4*7-6-,11-8?;;. The molecule has 0 N–H and O–H groups in total. The van der Waals surface area contributed by atoms with E-state index in [2.05, 4.69) is 237 Å². The van der Waals surface area contributed by atoms with Gasteiger partial charge in [0.1, 0.15) is 12.7 Å². The van der Waals surface area contributed by atoms with Gasteiger partial charge in [-0.1, -0.05) is 163 Å². The zero-order chi connectivity index (χ0) is 53.4. The van der Waals surface area contributed by atoms with Gasteiger partial charge in [-0.3, -0.25) is 30.0 Å². The normalized spacial score (nSPS) is 14.0. The van der Waals surface area contributed by atoms with E-state index in [4.69, 9.17) is 0 Å². The number of nitrogens with zero attached hydrogens (tertiary/aromatic N) is 8. The van der Waals surface area contributed by atoms with Crippen LogP contribution in [-0.4, -0.2) is 73.1 Å². The first kappa shape index (κ1) is 73.9. The SMILES string of the molecule is CC(C)/C=C\C=NC(C)(C)C.CC(C)/C=C\N=CC(C)(C)C.CC(C)C=N/C=C\C(C)(C)C.CC(C)C=NC=NC(C)(C)C.CC(C)N=C/C=C\C(C)(C)C.CC(C)N=CN=CC(C)(C)C. The van der Waals surface area contributed by atoms with Crippen molar-refractivity contribution in [3.05, 3.63) is 48.9 Å². The van der Waals surface area contributed by atoms with Gasteiger partial charge in [-0.15, -0.1) is 0 Å². The van der Waals surface area contributed by atoms with Crippen LogP contribution in [-0.2, 0) is 0 Å². The van der Waals surface area contributed by atoms with Crippen LogP contribution in [0, 0.1) is 45.3 Å². The lowest BCUT2D eigenvalue weighted by atomic mass is 9.97. The second-order valence-electron chi connectivity index (χ2n) is 24.6. The Kier molecular flexibility index (Phi) is 45.2. The lowest BCUT2D eigenvalue weighted by Crippen LogP contribution is -2.08. The minimum Gasteiger partial charge on any atom is -0.290 e. The van der Waals surface area contributed by atoms with Crippen molar-refractivity contribution in [3.63, 3.8) is 0 Å². The molecule has 0 rings (SSSR count). The molecule has 384 valence electrons. The molecule has 0 aromatic carbocycles. The molecule has 0 heterocycles. The van der Waals surface area contributed by atoms with Crippen LogP contribution in [0.5, 0.6) is 0 Å². The minimum atomic E-state index is -0.00564. The fourth-order valence-corrected chi connectivity index (χ4v) is 2.91. The molecule has 0 radical (unpaired) electrons. The second kappa shape index (κ2) is 40.4. The molecule has 8 nitrogen and oxygen atoms in total. The minimum absolute atomic E-state index is 0.00564. The molecule has 0 saturated heterocycles. The van der Waals surface area contributed by atoms with Gasteiger partial charge in [0, 0.05) is 61.8 Å². The van der Waals surface area contributed by atoms with Crippen LogP contribution in [0.25, 0.3) is 0 Å². The molecular weight excluding hydrogens is 809 g/mol. The van der Waals surface area contributed by atoms with E-state index < -0.39 is 0 Å². The predicted octanol–water partition coefficient (Wildman–Crippen LogP) is 17.8. The van der Waals surface area contributed by atoms with Crippen LogP contribution >= 0.6 is 0 Å². The Morgan fingerprint density at radius 2 is 0.758 bits per heavy atom. The van der Waals surface area contributed by atoms with Crippen molar-refractivity contribution in [1.82, 2.24) is 0 Å². The van der Waals surface area contributed by atoms with Crippen molar-refractivity contribution in [2.45, 2.75) is 231 Å². The van der Waals surface area contributed by atoms with E-state index >= 15 is 0 Å². The third kappa shape index (κ3) is 108. The Labute approximate surface area is 413 Å². The van der Waals surface area contributed by atoms with Crippen molar-refractivity contribution < 1.29 is 0 Å². The summed E-state index contributed by atoms with van der Waals surface area (Å²) in [6.45, 7) is 63.4. The molecule has 0 aliphatic heterocycles. The quantitative estimate of drug-likeness (QED) is 0.138. The van der Waals surface area contributed by atoms with E-state index in [1.807, 2.05) is 96.5 Å². The van der Waals surface area contributed by atoms with E-state index in [-0.39, 0.29) is 32.7 Å². The number of aliphatic imine (C=N–C) groups is 8. The van der Waals surface area contributed by atoms with Crippen LogP contribution < -0.4 is 0 Å². The van der Waals surface area contributed by atoms with Crippen LogP contribution in [0.2, 0.25) is 0 Å². The smallest absolute Gasteiger partial charge is 0.110 e. The van der Waals surface area contributed by atoms with Gasteiger partial charge in [0.25, 0.3) is 0 Å². The third-order valence-electron chi connectivity index (χ3n) is 5.96. The second-order valence-corrected chi connectivity index (χ2v) is 24.6. The van der Waals surface area contributed by atoms with Crippen LogP contribution in [0.1, 0.15) is 208 Å². The van der Waals surface area contributed by atoms with Crippen molar-refractivity contribution in [2.75, 3.05) is 0 Å². The molecule has 0 fully saturated rings.